The number of thiazole rings is 1. The number of sulfonamides is 1. The molecule has 0 radical (unpaired) electrons. The summed E-state index contributed by atoms with van der Waals surface area (Å²) in [5, 5.41) is 0.629. The minimum atomic E-state index is -3.33. The summed E-state index contributed by atoms with van der Waals surface area (Å²) in [6, 6.07) is 9.76. The van der Waals surface area contributed by atoms with Gasteiger partial charge >= 0.3 is 0 Å². The molecule has 1 fully saturated rings. The van der Waals surface area contributed by atoms with Crippen LogP contribution in [-0.4, -0.2) is 47.9 Å². The van der Waals surface area contributed by atoms with Crippen LogP contribution in [0.4, 0.5) is 5.13 Å². The summed E-state index contributed by atoms with van der Waals surface area (Å²) < 4.78 is 26.5. The molecule has 1 atom stereocenters. The fourth-order valence-electron chi connectivity index (χ4n) is 3.77. The summed E-state index contributed by atoms with van der Waals surface area (Å²) in [4.78, 5) is 24.2. The van der Waals surface area contributed by atoms with Crippen LogP contribution in [0.2, 0.25) is 0 Å². The second-order valence-electron chi connectivity index (χ2n) is 7.66. The van der Waals surface area contributed by atoms with E-state index in [2.05, 4.69) is 4.98 Å². The third kappa shape index (κ3) is 4.38. The molecule has 30 heavy (non-hydrogen) atoms. The van der Waals surface area contributed by atoms with E-state index in [1.54, 1.807) is 17.3 Å². The van der Waals surface area contributed by atoms with Crippen LogP contribution in [0.15, 0.2) is 42.7 Å². The Balaban J connectivity index is 1.69. The Bertz CT molecular complexity index is 1160. The average Bonchev–Trinajstić information content (AvgIpc) is 3.17. The van der Waals surface area contributed by atoms with Gasteiger partial charge in [-0.25, -0.2) is 17.7 Å². The lowest BCUT2D eigenvalue weighted by Crippen LogP contribution is -2.46. The van der Waals surface area contributed by atoms with Gasteiger partial charge in [0.05, 0.1) is 28.9 Å². The Morgan fingerprint density at radius 3 is 2.83 bits per heavy atom. The molecular formula is C21H24N4O3S2. The van der Waals surface area contributed by atoms with Gasteiger partial charge in [-0.2, -0.15) is 0 Å². The number of anilines is 1. The third-order valence-corrected chi connectivity index (χ3v) is 7.69. The van der Waals surface area contributed by atoms with Gasteiger partial charge in [-0.05, 0) is 43.0 Å². The van der Waals surface area contributed by atoms with Crippen LogP contribution in [0, 0.1) is 12.8 Å². The number of hydrogen-bond acceptors (Lipinski definition) is 6. The summed E-state index contributed by atoms with van der Waals surface area (Å²) in [5.74, 6) is -0.484. The number of hydrogen-bond donors (Lipinski definition) is 0. The van der Waals surface area contributed by atoms with E-state index in [-0.39, 0.29) is 12.5 Å². The van der Waals surface area contributed by atoms with Gasteiger partial charge in [-0.3, -0.25) is 14.7 Å². The lowest BCUT2D eigenvalue weighted by molar-refractivity contribution is -0.123. The van der Waals surface area contributed by atoms with E-state index in [0.717, 1.165) is 21.3 Å². The van der Waals surface area contributed by atoms with Crippen molar-refractivity contribution in [2.75, 3.05) is 24.2 Å². The fraction of sp³-hybridized carbons (Fsp3) is 0.381. The number of pyridine rings is 1. The number of amides is 1. The van der Waals surface area contributed by atoms with Crippen molar-refractivity contribution in [2.45, 2.75) is 26.3 Å². The first-order chi connectivity index (χ1) is 14.3. The highest BCUT2D eigenvalue weighted by Crippen LogP contribution is 2.33. The molecule has 0 spiro atoms. The first kappa shape index (κ1) is 20.9. The van der Waals surface area contributed by atoms with Gasteiger partial charge in [0.1, 0.15) is 0 Å². The molecule has 1 unspecified atom stereocenters. The maximum absolute atomic E-state index is 13.6. The van der Waals surface area contributed by atoms with Crippen LogP contribution in [0.1, 0.15) is 24.0 Å². The molecule has 0 bridgehead atoms. The van der Waals surface area contributed by atoms with Crippen LogP contribution < -0.4 is 4.90 Å². The largest absolute Gasteiger partial charge is 0.283 e. The maximum Gasteiger partial charge on any atom is 0.233 e. The highest BCUT2D eigenvalue weighted by molar-refractivity contribution is 7.88. The zero-order valence-corrected chi connectivity index (χ0v) is 18.6. The standard InChI is InChI=1S/C21H24N4O3S2/c1-15-6-3-9-18-19(15)23-21(29-18)25(13-16-7-4-10-22-12-16)20(26)17-8-5-11-24(14-17)30(2,27)28/h3-4,6-7,9-10,12,17H,5,8,11,13-14H2,1-2H3. The normalized spacial score (nSPS) is 17.9. The van der Waals surface area contributed by atoms with Gasteiger partial charge in [0.2, 0.25) is 15.9 Å². The SMILES string of the molecule is Cc1cccc2sc(N(Cc3cccnc3)C(=O)C3CCCN(S(C)(=O)=O)C3)nc12. The van der Waals surface area contributed by atoms with E-state index in [1.165, 1.54) is 21.9 Å². The molecule has 3 heterocycles. The first-order valence-electron chi connectivity index (χ1n) is 9.84. The molecule has 2 aromatic heterocycles. The molecule has 1 saturated heterocycles. The molecule has 9 heteroatoms. The number of rotatable bonds is 5. The molecule has 0 aliphatic carbocycles. The lowest BCUT2D eigenvalue weighted by Gasteiger charge is -2.33. The topological polar surface area (TPSA) is 83.5 Å². The Hall–Kier alpha value is -2.36. The maximum atomic E-state index is 13.6. The second kappa shape index (κ2) is 8.41. The number of nitrogens with zero attached hydrogens (tertiary/aromatic N) is 4. The van der Waals surface area contributed by atoms with E-state index >= 15 is 0 Å². The zero-order valence-electron chi connectivity index (χ0n) is 17.0. The minimum absolute atomic E-state index is 0.0936. The van der Waals surface area contributed by atoms with Crippen molar-refractivity contribution in [3.63, 3.8) is 0 Å². The van der Waals surface area contributed by atoms with Gasteiger partial charge < -0.3 is 0 Å². The molecule has 1 aliphatic rings. The quantitative estimate of drug-likeness (QED) is 0.603. The monoisotopic (exact) mass is 444 g/mol. The summed E-state index contributed by atoms with van der Waals surface area (Å²) in [6.07, 6.45) is 5.97. The van der Waals surface area contributed by atoms with Crippen LogP contribution in [0.5, 0.6) is 0 Å². The molecule has 4 rings (SSSR count). The zero-order chi connectivity index (χ0) is 21.3. The molecule has 0 saturated carbocycles. The van der Waals surface area contributed by atoms with E-state index in [9.17, 15) is 13.2 Å². The molecule has 0 N–H and O–H groups in total. The highest BCUT2D eigenvalue weighted by Gasteiger charge is 2.34. The molecular weight excluding hydrogens is 420 g/mol. The number of piperidine rings is 1. The summed E-state index contributed by atoms with van der Waals surface area (Å²) in [6.45, 7) is 3.03. The third-order valence-electron chi connectivity index (χ3n) is 5.37. The minimum Gasteiger partial charge on any atom is -0.283 e. The predicted octanol–water partition coefficient (Wildman–Crippen LogP) is 3.20. The van der Waals surface area contributed by atoms with E-state index < -0.39 is 15.9 Å². The Labute approximate surface area is 180 Å². The van der Waals surface area contributed by atoms with Crippen molar-refractivity contribution in [1.82, 2.24) is 14.3 Å². The second-order valence-corrected chi connectivity index (χ2v) is 10.7. The average molecular weight is 445 g/mol. The number of carbonyl (C=O) groups is 1. The molecule has 158 valence electrons. The van der Waals surface area contributed by atoms with Gasteiger partial charge in [0, 0.05) is 25.5 Å². The number of fused-ring (bicyclic) bond motifs is 1. The van der Waals surface area contributed by atoms with Crippen LogP contribution >= 0.6 is 11.3 Å². The summed E-state index contributed by atoms with van der Waals surface area (Å²) in [5.41, 5.74) is 2.85. The van der Waals surface area contributed by atoms with E-state index in [4.69, 9.17) is 4.98 Å². The van der Waals surface area contributed by atoms with Crippen molar-refractivity contribution >= 4 is 42.6 Å². The molecule has 1 aliphatic heterocycles. The Kier molecular flexibility index (Phi) is 5.86. The number of benzene rings is 1. The fourth-order valence-corrected chi connectivity index (χ4v) is 5.73. The number of para-hydroxylation sites is 1. The van der Waals surface area contributed by atoms with E-state index in [0.29, 0.717) is 31.1 Å². The number of aromatic nitrogens is 2. The summed E-state index contributed by atoms with van der Waals surface area (Å²) >= 11 is 1.48. The van der Waals surface area contributed by atoms with Crippen molar-refractivity contribution in [1.29, 1.82) is 0 Å². The first-order valence-corrected chi connectivity index (χ1v) is 12.5. The predicted molar refractivity (Wildman–Crippen MR) is 119 cm³/mol. The highest BCUT2D eigenvalue weighted by atomic mass is 32.2. The Morgan fingerprint density at radius 1 is 1.30 bits per heavy atom. The lowest BCUT2D eigenvalue weighted by atomic mass is 9.98. The van der Waals surface area contributed by atoms with Crippen molar-refractivity contribution in [3.8, 4) is 0 Å². The van der Waals surface area contributed by atoms with Crippen LogP contribution in [0.25, 0.3) is 10.2 Å². The van der Waals surface area contributed by atoms with Gasteiger partial charge in [-0.1, -0.05) is 29.5 Å². The molecule has 1 aromatic carbocycles. The van der Waals surface area contributed by atoms with Gasteiger partial charge in [0.15, 0.2) is 5.13 Å². The van der Waals surface area contributed by atoms with Crippen LogP contribution in [0.3, 0.4) is 0 Å². The van der Waals surface area contributed by atoms with Crippen LogP contribution in [-0.2, 0) is 21.4 Å². The summed E-state index contributed by atoms with van der Waals surface area (Å²) in [7, 11) is -3.33. The number of carbonyl (C=O) groups excluding carboxylic acids is 1. The van der Waals surface area contributed by atoms with Gasteiger partial charge in [-0.15, -0.1) is 0 Å². The molecule has 7 nitrogen and oxygen atoms in total. The van der Waals surface area contributed by atoms with E-state index in [1.807, 2.05) is 37.3 Å². The Morgan fingerprint density at radius 2 is 2.13 bits per heavy atom. The van der Waals surface area contributed by atoms with Crippen molar-refractivity contribution in [2.24, 2.45) is 5.92 Å². The molecule has 1 amide bonds. The van der Waals surface area contributed by atoms with Gasteiger partial charge in [0.25, 0.3) is 0 Å². The van der Waals surface area contributed by atoms with Crippen molar-refractivity contribution in [3.05, 3.63) is 53.9 Å². The number of aryl methyl sites for hydroxylation is 1. The smallest absolute Gasteiger partial charge is 0.233 e. The molecule has 3 aromatic rings. The van der Waals surface area contributed by atoms with Crippen molar-refractivity contribution < 1.29 is 13.2 Å².